The van der Waals surface area contributed by atoms with Gasteiger partial charge in [0, 0.05) is 18.2 Å². The molecule has 1 saturated heterocycles. The molecule has 1 aliphatic heterocycles. The summed E-state index contributed by atoms with van der Waals surface area (Å²) in [7, 11) is 0. The number of benzene rings is 2. The number of piperidine rings is 1. The highest BCUT2D eigenvalue weighted by Gasteiger charge is 2.54. The molecule has 1 aliphatic carbocycles. The third-order valence-corrected chi connectivity index (χ3v) is 8.10. The van der Waals surface area contributed by atoms with Crippen LogP contribution in [0, 0.1) is 19.8 Å². The normalized spacial score (nSPS) is 21.1. The highest BCUT2D eigenvalue weighted by atomic mass is 35.5. The summed E-state index contributed by atoms with van der Waals surface area (Å²) in [6.07, 6.45) is 1.91. The molecule has 0 spiro atoms. The molecule has 3 aromatic rings. The van der Waals surface area contributed by atoms with E-state index in [1.807, 2.05) is 36.9 Å². The van der Waals surface area contributed by atoms with E-state index in [0.29, 0.717) is 33.8 Å². The number of aryl methyl sites for hydroxylation is 2. The van der Waals surface area contributed by atoms with E-state index in [1.165, 1.54) is 0 Å². The number of aromatic nitrogens is 1. The molecule has 1 aromatic heterocycles. The van der Waals surface area contributed by atoms with Gasteiger partial charge in [-0.25, -0.2) is 4.98 Å². The van der Waals surface area contributed by atoms with Crippen LogP contribution in [0.5, 0.6) is 0 Å². The molecular formula is C25H23Cl2N3O2S. The lowest BCUT2D eigenvalue weighted by Crippen LogP contribution is -2.45. The molecule has 1 saturated carbocycles. The van der Waals surface area contributed by atoms with Gasteiger partial charge in [-0.05, 0) is 56.4 Å². The lowest BCUT2D eigenvalue weighted by atomic mass is 10.1. The zero-order valence-corrected chi connectivity index (χ0v) is 20.6. The van der Waals surface area contributed by atoms with Gasteiger partial charge in [-0.2, -0.15) is 0 Å². The fraction of sp³-hybridized carbons (Fsp3) is 0.320. The van der Waals surface area contributed by atoms with Gasteiger partial charge in [0.1, 0.15) is 5.69 Å². The summed E-state index contributed by atoms with van der Waals surface area (Å²) < 4.78 is 0. The number of amides is 2. The van der Waals surface area contributed by atoms with Gasteiger partial charge in [0.25, 0.3) is 11.8 Å². The number of hydrogen-bond donors (Lipinski definition) is 1. The van der Waals surface area contributed by atoms with Crippen LogP contribution in [0.25, 0.3) is 10.4 Å². The fourth-order valence-electron chi connectivity index (χ4n) is 4.68. The molecule has 2 amide bonds. The van der Waals surface area contributed by atoms with Gasteiger partial charge < -0.3 is 10.2 Å². The summed E-state index contributed by atoms with van der Waals surface area (Å²) in [5.41, 5.74) is 3.11. The Morgan fingerprint density at radius 3 is 2.70 bits per heavy atom. The van der Waals surface area contributed by atoms with E-state index in [-0.39, 0.29) is 23.9 Å². The molecule has 0 unspecified atom stereocenters. The van der Waals surface area contributed by atoms with Crippen LogP contribution >= 0.6 is 34.5 Å². The molecular weight excluding hydrogens is 477 g/mol. The van der Waals surface area contributed by atoms with Crippen LogP contribution in [0.15, 0.2) is 42.5 Å². The molecule has 33 heavy (non-hydrogen) atoms. The SMILES string of the molecule is Cc1cccc(-c2sc(C)nc2C(=O)N2[C@H](CNC(=O)c3ccc(Cl)c(Cl)c3)C[C@@H]3C[C@@H]32)c1. The minimum atomic E-state index is -0.230. The average Bonchev–Trinajstić information content (AvgIpc) is 3.27. The van der Waals surface area contributed by atoms with Gasteiger partial charge in [-0.15, -0.1) is 11.3 Å². The number of likely N-dealkylation sites (tertiary alicyclic amines) is 1. The average molecular weight is 500 g/mol. The second kappa shape index (κ2) is 8.75. The van der Waals surface area contributed by atoms with Crippen molar-refractivity contribution < 1.29 is 9.59 Å². The standard InChI is InChI=1S/C25H23Cl2N3O2S/c1-13-4-3-5-15(8-13)23-22(29-14(2)33-23)25(32)30-18(9-17-11-21(17)30)12-28-24(31)16-6-7-19(26)20(27)10-16/h3-8,10,17-18,21H,9,11-12H2,1-2H3,(H,28,31)/t17-,18+,21+/m1/s1. The third-order valence-electron chi connectivity index (χ3n) is 6.34. The van der Waals surface area contributed by atoms with E-state index < -0.39 is 0 Å². The zero-order chi connectivity index (χ0) is 23.3. The van der Waals surface area contributed by atoms with Crippen LogP contribution in [-0.4, -0.2) is 40.3 Å². The van der Waals surface area contributed by atoms with Gasteiger partial charge in [-0.3, -0.25) is 9.59 Å². The summed E-state index contributed by atoms with van der Waals surface area (Å²) in [5.74, 6) is 0.226. The van der Waals surface area contributed by atoms with Gasteiger partial charge in [0.05, 0.1) is 26.0 Å². The van der Waals surface area contributed by atoms with Crippen molar-refractivity contribution in [2.24, 2.45) is 5.92 Å². The van der Waals surface area contributed by atoms with E-state index in [0.717, 1.165) is 33.9 Å². The molecule has 3 atom stereocenters. The second-order valence-electron chi connectivity index (χ2n) is 8.78. The predicted octanol–water partition coefficient (Wildman–Crippen LogP) is 5.77. The Hall–Kier alpha value is -2.41. The number of hydrogen-bond acceptors (Lipinski definition) is 4. The highest BCUT2D eigenvalue weighted by molar-refractivity contribution is 7.15. The Labute approximate surface area is 206 Å². The zero-order valence-electron chi connectivity index (χ0n) is 18.3. The van der Waals surface area contributed by atoms with E-state index in [9.17, 15) is 9.59 Å². The Bertz CT molecular complexity index is 1260. The van der Waals surface area contributed by atoms with Crippen molar-refractivity contribution in [1.29, 1.82) is 0 Å². The Balaban J connectivity index is 1.35. The first kappa shape index (κ1) is 22.4. The number of rotatable bonds is 5. The fourth-order valence-corrected chi connectivity index (χ4v) is 5.89. The van der Waals surface area contributed by atoms with Crippen LogP contribution in [0.1, 0.15) is 44.3 Å². The van der Waals surface area contributed by atoms with E-state index in [4.69, 9.17) is 23.2 Å². The van der Waals surface area contributed by atoms with Crippen molar-refractivity contribution in [3.05, 3.63) is 74.3 Å². The first-order chi connectivity index (χ1) is 15.8. The maximum absolute atomic E-state index is 13.7. The van der Waals surface area contributed by atoms with E-state index in [1.54, 1.807) is 29.5 Å². The van der Waals surface area contributed by atoms with Gasteiger partial charge >= 0.3 is 0 Å². The van der Waals surface area contributed by atoms with Crippen molar-refractivity contribution in [2.75, 3.05) is 6.54 Å². The smallest absolute Gasteiger partial charge is 0.274 e. The van der Waals surface area contributed by atoms with Crippen LogP contribution < -0.4 is 5.32 Å². The van der Waals surface area contributed by atoms with Gasteiger partial charge in [0.15, 0.2) is 0 Å². The van der Waals surface area contributed by atoms with Gasteiger partial charge in [-0.1, -0.05) is 53.0 Å². The number of thiazole rings is 1. The van der Waals surface area contributed by atoms with Crippen molar-refractivity contribution >= 4 is 46.4 Å². The molecule has 0 bridgehead atoms. The van der Waals surface area contributed by atoms with Crippen LogP contribution in [0.3, 0.4) is 0 Å². The molecule has 0 radical (unpaired) electrons. The summed E-state index contributed by atoms with van der Waals surface area (Å²) in [6.45, 7) is 4.36. The topological polar surface area (TPSA) is 62.3 Å². The van der Waals surface area contributed by atoms with Crippen LogP contribution in [-0.2, 0) is 0 Å². The third kappa shape index (κ3) is 4.39. The molecule has 5 rings (SSSR count). The Morgan fingerprint density at radius 2 is 1.94 bits per heavy atom. The van der Waals surface area contributed by atoms with Gasteiger partial charge in [0.2, 0.25) is 0 Å². The van der Waals surface area contributed by atoms with Crippen molar-refractivity contribution in [1.82, 2.24) is 15.2 Å². The van der Waals surface area contributed by atoms with Crippen LogP contribution in [0.2, 0.25) is 10.0 Å². The molecule has 2 aromatic carbocycles. The molecule has 170 valence electrons. The van der Waals surface area contributed by atoms with E-state index >= 15 is 0 Å². The number of fused-ring (bicyclic) bond motifs is 1. The van der Waals surface area contributed by atoms with Crippen molar-refractivity contribution in [2.45, 2.75) is 38.8 Å². The monoisotopic (exact) mass is 499 g/mol. The summed E-state index contributed by atoms with van der Waals surface area (Å²) >= 11 is 13.5. The summed E-state index contributed by atoms with van der Waals surface area (Å²) in [4.78, 5) is 33.8. The number of carbonyl (C=O) groups excluding carboxylic acids is 2. The molecule has 8 heteroatoms. The number of nitrogens with one attached hydrogen (secondary N) is 1. The molecule has 2 fully saturated rings. The Kier molecular flexibility index (Phi) is 5.93. The predicted molar refractivity (Wildman–Crippen MR) is 132 cm³/mol. The summed E-state index contributed by atoms with van der Waals surface area (Å²) in [6, 6.07) is 13.1. The number of halogens is 2. The minimum Gasteiger partial charge on any atom is -0.350 e. The molecule has 1 N–H and O–H groups in total. The number of carbonyl (C=O) groups is 2. The summed E-state index contributed by atoms with van der Waals surface area (Å²) in [5, 5.41) is 4.58. The molecule has 2 heterocycles. The molecule has 2 aliphatic rings. The maximum atomic E-state index is 13.7. The first-order valence-electron chi connectivity index (χ1n) is 10.9. The second-order valence-corrected chi connectivity index (χ2v) is 10.8. The van der Waals surface area contributed by atoms with Crippen molar-refractivity contribution in [3.63, 3.8) is 0 Å². The van der Waals surface area contributed by atoms with Crippen LogP contribution in [0.4, 0.5) is 0 Å². The number of nitrogens with zero attached hydrogens (tertiary/aromatic N) is 2. The highest BCUT2D eigenvalue weighted by Crippen LogP contribution is 2.48. The van der Waals surface area contributed by atoms with E-state index in [2.05, 4.69) is 16.4 Å². The first-order valence-corrected chi connectivity index (χ1v) is 12.5. The van der Waals surface area contributed by atoms with Crippen molar-refractivity contribution in [3.8, 4) is 10.4 Å². The Morgan fingerprint density at radius 1 is 1.12 bits per heavy atom. The minimum absolute atomic E-state index is 0.0466. The quantitative estimate of drug-likeness (QED) is 0.484. The lowest BCUT2D eigenvalue weighted by Gasteiger charge is -2.27. The maximum Gasteiger partial charge on any atom is 0.274 e. The largest absolute Gasteiger partial charge is 0.350 e. The molecule has 5 nitrogen and oxygen atoms in total. The lowest BCUT2D eigenvalue weighted by molar-refractivity contribution is 0.0684.